The smallest absolute Gasteiger partial charge is 0.223 e. The molecule has 168 valence electrons. The van der Waals surface area contributed by atoms with Crippen LogP contribution in [-0.4, -0.2) is 46.9 Å². The number of nitrogens with zero attached hydrogens (tertiary/aromatic N) is 3. The summed E-state index contributed by atoms with van der Waals surface area (Å²) in [7, 11) is 0. The van der Waals surface area contributed by atoms with E-state index in [1.807, 2.05) is 0 Å². The third-order valence-corrected chi connectivity index (χ3v) is 5.84. The van der Waals surface area contributed by atoms with Gasteiger partial charge < -0.3 is 9.32 Å². The normalized spacial score (nSPS) is 14.7. The Morgan fingerprint density at radius 1 is 1.00 bits per heavy atom. The van der Waals surface area contributed by atoms with Crippen molar-refractivity contribution in [2.24, 2.45) is 0 Å². The maximum atomic E-state index is 14.0. The monoisotopic (exact) mass is 463 g/mol. The van der Waals surface area contributed by atoms with Crippen LogP contribution in [0.4, 0.5) is 13.2 Å². The maximum Gasteiger partial charge on any atom is 0.223 e. The molecule has 0 aliphatic carbocycles. The van der Waals surface area contributed by atoms with Crippen molar-refractivity contribution in [3.63, 3.8) is 0 Å². The van der Waals surface area contributed by atoms with Crippen LogP contribution in [0.25, 0.3) is 11.3 Å². The molecule has 2 aromatic carbocycles. The van der Waals surface area contributed by atoms with Gasteiger partial charge in [-0.25, -0.2) is 18.2 Å². The second-order valence-corrected chi connectivity index (χ2v) is 7.98. The number of aromatic nitrogens is 1. The van der Waals surface area contributed by atoms with Gasteiger partial charge in [0.2, 0.25) is 5.91 Å². The first kappa shape index (κ1) is 22.4. The van der Waals surface area contributed by atoms with E-state index in [-0.39, 0.29) is 41.8 Å². The number of piperazine rings is 1. The van der Waals surface area contributed by atoms with Crippen LogP contribution in [0.3, 0.4) is 0 Å². The molecule has 1 saturated heterocycles. The minimum absolute atomic E-state index is 0.0107. The topological polar surface area (TPSA) is 49.6 Å². The van der Waals surface area contributed by atoms with Crippen molar-refractivity contribution in [1.29, 1.82) is 0 Å². The summed E-state index contributed by atoms with van der Waals surface area (Å²) in [6, 6.07) is 8.17. The third-order valence-electron chi connectivity index (χ3n) is 5.48. The minimum Gasteiger partial charge on any atom is -0.441 e. The fourth-order valence-corrected chi connectivity index (χ4v) is 3.93. The van der Waals surface area contributed by atoms with Gasteiger partial charge in [-0.3, -0.25) is 9.69 Å². The highest BCUT2D eigenvalue weighted by atomic mass is 35.5. The van der Waals surface area contributed by atoms with Crippen molar-refractivity contribution in [2.75, 3.05) is 26.2 Å². The SMILES string of the molecule is O=C(CCc1ncc(-c2c(F)cccc2F)o1)N1CCN(Cc2c(F)cccc2Cl)CC1. The molecular formula is C23H21ClF3N3O2. The number of hydrogen-bond donors (Lipinski definition) is 0. The molecule has 1 aliphatic heterocycles. The van der Waals surface area contributed by atoms with Gasteiger partial charge in [0.05, 0.1) is 11.8 Å². The summed E-state index contributed by atoms with van der Waals surface area (Å²) >= 11 is 6.10. The third kappa shape index (κ3) is 4.97. The van der Waals surface area contributed by atoms with E-state index >= 15 is 0 Å². The first-order valence-electron chi connectivity index (χ1n) is 10.2. The molecule has 0 radical (unpaired) electrons. The summed E-state index contributed by atoms with van der Waals surface area (Å²) in [6.45, 7) is 2.63. The van der Waals surface area contributed by atoms with E-state index in [2.05, 4.69) is 9.88 Å². The number of hydrogen-bond acceptors (Lipinski definition) is 4. The fourth-order valence-electron chi connectivity index (χ4n) is 3.71. The van der Waals surface area contributed by atoms with Crippen molar-refractivity contribution in [2.45, 2.75) is 19.4 Å². The number of carbonyl (C=O) groups is 1. The lowest BCUT2D eigenvalue weighted by molar-refractivity contribution is -0.133. The Bertz CT molecular complexity index is 1070. The van der Waals surface area contributed by atoms with Crippen LogP contribution in [0.15, 0.2) is 47.0 Å². The lowest BCUT2D eigenvalue weighted by atomic mass is 10.1. The van der Waals surface area contributed by atoms with Gasteiger partial charge in [-0.15, -0.1) is 0 Å². The van der Waals surface area contributed by atoms with Gasteiger partial charge >= 0.3 is 0 Å². The van der Waals surface area contributed by atoms with E-state index in [0.717, 1.165) is 12.1 Å². The van der Waals surface area contributed by atoms with Gasteiger partial charge in [0.15, 0.2) is 11.7 Å². The van der Waals surface area contributed by atoms with Gasteiger partial charge in [-0.05, 0) is 24.3 Å². The average Bonchev–Trinajstić information content (AvgIpc) is 3.23. The number of oxazole rings is 1. The Morgan fingerprint density at radius 2 is 1.66 bits per heavy atom. The summed E-state index contributed by atoms with van der Waals surface area (Å²) in [4.78, 5) is 20.4. The zero-order valence-electron chi connectivity index (χ0n) is 17.2. The van der Waals surface area contributed by atoms with Crippen LogP contribution in [0.5, 0.6) is 0 Å². The lowest BCUT2D eigenvalue weighted by Gasteiger charge is -2.35. The second kappa shape index (κ2) is 9.75. The molecule has 5 nitrogen and oxygen atoms in total. The predicted octanol–water partition coefficient (Wildman–Crippen LogP) is 4.69. The summed E-state index contributed by atoms with van der Waals surface area (Å²) in [5.74, 6) is -1.65. The maximum absolute atomic E-state index is 14.0. The van der Waals surface area contributed by atoms with E-state index in [1.165, 1.54) is 18.3 Å². The summed E-state index contributed by atoms with van der Waals surface area (Å²) in [6.07, 6.45) is 1.65. The lowest BCUT2D eigenvalue weighted by Crippen LogP contribution is -2.48. The fraction of sp³-hybridized carbons (Fsp3) is 0.304. The van der Waals surface area contributed by atoms with Crippen LogP contribution < -0.4 is 0 Å². The molecule has 1 fully saturated rings. The Labute approximate surface area is 188 Å². The first-order valence-corrected chi connectivity index (χ1v) is 10.6. The Kier molecular flexibility index (Phi) is 6.81. The van der Waals surface area contributed by atoms with Crippen LogP contribution in [0.1, 0.15) is 17.9 Å². The highest BCUT2D eigenvalue weighted by Crippen LogP contribution is 2.27. The number of carbonyl (C=O) groups excluding carboxylic acids is 1. The molecule has 0 saturated carbocycles. The molecular weight excluding hydrogens is 443 g/mol. The molecule has 0 atom stereocenters. The summed E-state index contributed by atoms with van der Waals surface area (Å²) in [5.41, 5.74) is 0.184. The zero-order chi connectivity index (χ0) is 22.7. The molecule has 0 bridgehead atoms. The highest BCUT2D eigenvalue weighted by Gasteiger charge is 2.23. The Morgan fingerprint density at radius 3 is 2.34 bits per heavy atom. The van der Waals surface area contributed by atoms with Crippen molar-refractivity contribution in [1.82, 2.24) is 14.8 Å². The molecule has 1 aromatic heterocycles. The van der Waals surface area contributed by atoms with Crippen LogP contribution in [0, 0.1) is 17.5 Å². The number of halogens is 4. The molecule has 2 heterocycles. The standard InChI is InChI=1S/C23H21ClF3N3O2/c24-16-3-1-4-17(25)15(16)14-29-9-11-30(12-10-29)22(31)8-7-21-28-13-20(32-21)23-18(26)5-2-6-19(23)27/h1-6,13H,7-12,14H2. The molecule has 32 heavy (non-hydrogen) atoms. The molecule has 3 aromatic rings. The highest BCUT2D eigenvalue weighted by molar-refractivity contribution is 6.31. The van der Waals surface area contributed by atoms with Crippen LogP contribution >= 0.6 is 11.6 Å². The van der Waals surface area contributed by atoms with Crippen molar-refractivity contribution in [3.05, 3.63) is 76.5 Å². The van der Waals surface area contributed by atoms with Crippen molar-refractivity contribution < 1.29 is 22.4 Å². The number of aryl methyl sites for hydroxylation is 1. The number of rotatable bonds is 6. The molecule has 0 unspecified atom stereocenters. The van der Waals surface area contributed by atoms with E-state index in [4.69, 9.17) is 16.0 Å². The van der Waals surface area contributed by atoms with Crippen LogP contribution in [-0.2, 0) is 17.8 Å². The first-order chi connectivity index (χ1) is 15.4. The largest absolute Gasteiger partial charge is 0.441 e. The van der Waals surface area contributed by atoms with Gasteiger partial charge in [0.1, 0.15) is 17.5 Å². The number of amides is 1. The van der Waals surface area contributed by atoms with Gasteiger partial charge in [-0.2, -0.15) is 0 Å². The van der Waals surface area contributed by atoms with Gasteiger partial charge in [0.25, 0.3) is 0 Å². The molecule has 1 amide bonds. The van der Waals surface area contributed by atoms with Crippen LogP contribution in [0.2, 0.25) is 5.02 Å². The molecule has 0 N–H and O–H groups in total. The van der Waals surface area contributed by atoms with Crippen molar-refractivity contribution >= 4 is 17.5 Å². The van der Waals surface area contributed by atoms with E-state index in [1.54, 1.807) is 17.0 Å². The Balaban J connectivity index is 1.28. The number of benzene rings is 2. The van der Waals surface area contributed by atoms with Gasteiger partial charge in [0, 0.05) is 56.2 Å². The molecule has 9 heteroatoms. The molecule has 0 spiro atoms. The van der Waals surface area contributed by atoms with E-state index in [0.29, 0.717) is 43.3 Å². The average molecular weight is 464 g/mol. The zero-order valence-corrected chi connectivity index (χ0v) is 17.9. The summed E-state index contributed by atoms with van der Waals surface area (Å²) < 4.78 is 47.2. The second-order valence-electron chi connectivity index (χ2n) is 7.57. The molecule has 1 aliphatic rings. The predicted molar refractivity (Wildman–Crippen MR) is 113 cm³/mol. The summed E-state index contributed by atoms with van der Waals surface area (Å²) in [5, 5.41) is 0.393. The molecule has 4 rings (SSSR count). The van der Waals surface area contributed by atoms with E-state index in [9.17, 15) is 18.0 Å². The van der Waals surface area contributed by atoms with E-state index < -0.39 is 11.6 Å². The quantitative estimate of drug-likeness (QED) is 0.532. The minimum atomic E-state index is -0.738. The van der Waals surface area contributed by atoms with Crippen molar-refractivity contribution in [3.8, 4) is 11.3 Å². The van der Waals surface area contributed by atoms with Gasteiger partial charge in [-0.1, -0.05) is 23.7 Å². The Hall–Kier alpha value is -2.84.